The predicted octanol–water partition coefficient (Wildman–Crippen LogP) is 3.60. The van der Waals surface area contributed by atoms with Crippen LogP contribution >= 0.6 is 0 Å². The number of ketones is 1. The summed E-state index contributed by atoms with van der Waals surface area (Å²) in [6, 6.07) is 8.54. The first kappa shape index (κ1) is 18.9. The number of fused-ring (bicyclic) bond motifs is 4. The summed E-state index contributed by atoms with van der Waals surface area (Å²) >= 11 is 0. The van der Waals surface area contributed by atoms with Gasteiger partial charge in [-0.2, -0.15) is 0 Å². The summed E-state index contributed by atoms with van der Waals surface area (Å²) in [7, 11) is 1.52. The van der Waals surface area contributed by atoms with Crippen molar-refractivity contribution in [3.05, 3.63) is 35.5 Å². The lowest BCUT2D eigenvalue weighted by Crippen LogP contribution is -2.69. The third-order valence-electron chi connectivity index (χ3n) is 7.79. The summed E-state index contributed by atoms with van der Waals surface area (Å²) < 4.78 is 5.48. The summed E-state index contributed by atoms with van der Waals surface area (Å²) in [5.41, 5.74) is 2.66. The number of ether oxygens (including phenoxy) is 1. The zero-order valence-electron chi connectivity index (χ0n) is 17.5. The van der Waals surface area contributed by atoms with Crippen molar-refractivity contribution in [2.24, 2.45) is 11.8 Å². The lowest BCUT2D eigenvalue weighted by Gasteiger charge is -2.59. The van der Waals surface area contributed by atoms with Gasteiger partial charge in [-0.25, -0.2) is 0 Å². The number of nitrogens with one attached hydrogen (secondary N) is 1. The van der Waals surface area contributed by atoms with E-state index in [0.29, 0.717) is 18.3 Å². The number of methoxy groups -OCH3 is 1. The Morgan fingerprint density at radius 3 is 2.83 bits per heavy atom. The maximum atomic E-state index is 13.5. The Morgan fingerprint density at radius 1 is 1.31 bits per heavy atom. The number of piperidine rings is 2. The van der Waals surface area contributed by atoms with Crippen LogP contribution in [0.2, 0.25) is 0 Å². The highest BCUT2D eigenvalue weighted by atomic mass is 16.5. The molecule has 29 heavy (non-hydrogen) atoms. The third-order valence-corrected chi connectivity index (χ3v) is 7.79. The van der Waals surface area contributed by atoms with E-state index in [1.54, 1.807) is 6.92 Å². The van der Waals surface area contributed by atoms with Gasteiger partial charge in [0.05, 0.1) is 7.11 Å². The molecule has 1 unspecified atom stereocenters. The van der Waals surface area contributed by atoms with Gasteiger partial charge in [-0.15, -0.1) is 0 Å². The molecule has 3 aliphatic heterocycles. The topological polar surface area (TPSA) is 62.4 Å². The summed E-state index contributed by atoms with van der Waals surface area (Å²) in [6.07, 6.45) is 4.38. The van der Waals surface area contributed by atoms with Crippen LogP contribution in [0.4, 0.5) is 0 Å². The monoisotopic (exact) mass is 394 g/mol. The van der Waals surface area contributed by atoms with E-state index >= 15 is 0 Å². The normalized spacial score (nSPS) is 35.2. The van der Waals surface area contributed by atoms with E-state index in [1.807, 2.05) is 6.07 Å². The lowest BCUT2D eigenvalue weighted by molar-refractivity contribution is -0.164. The predicted molar refractivity (Wildman–Crippen MR) is 112 cm³/mol. The minimum absolute atomic E-state index is 0.0867. The Bertz CT molecular complexity index is 980. The number of carbonyl (C=O) groups is 2. The number of Topliss-reactive ketones (excluding diaryl/α,β-unsaturated/α-hetero) is 1. The Morgan fingerprint density at radius 2 is 2.10 bits per heavy atom. The van der Waals surface area contributed by atoms with Crippen molar-refractivity contribution >= 4 is 22.7 Å². The van der Waals surface area contributed by atoms with Gasteiger partial charge >= 0.3 is 5.97 Å². The van der Waals surface area contributed by atoms with E-state index in [-0.39, 0.29) is 23.8 Å². The molecule has 2 saturated heterocycles. The molecule has 6 rings (SSSR count). The van der Waals surface area contributed by atoms with Crippen LogP contribution in [-0.2, 0) is 26.2 Å². The number of carbonyl (C=O) groups excluding carboxylic acids is 2. The Balaban J connectivity index is 1.80. The zero-order valence-corrected chi connectivity index (χ0v) is 17.5. The van der Waals surface area contributed by atoms with Gasteiger partial charge < -0.3 is 9.72 Å². The molecule has 1 N–H and O–H groups in total. The van der Waals surface area contributed by atoms with Gasteiger partial charge in [-0.3, -0.25) is 14.5 Å². The molecule has 4 heterocycles. The summed E-state index contributed by atoms with van der Waals surface area (Å²) in [4.78, 5) is 31.9. The molecule has 154 valence electrons. The lowest BCUT2D eigenvalue weighted by atomic mass is 9.56. The average molecular weight is 395 g/mol. The fraction of sp³-hybridized carbons (Fsp3) is 0.583. The molecule has 1 aromatic heterocycles. The highest BCUT2D eigenvalue weighted by Crippen LogP contribution is 2.56. The first-order valence-electron chi connectivity index (χ1n) is 10.9. The van der Waals surface area contributed by atoms with Crippen LogP contribution in [0.3, 0.4) is 0 Å². The molecular weight excluding hydrogens is 364 g/mol. The van der Waals surface area contributed by atoms with Gasteiger partial charge in [0, 0.05) is 41.6 Å². The number of aromatic amines is 1. The number of H-pyrrole nitrogens is 1. The standard InChI is InChI=1S/C24H30N2O3/c1-4-16-10-15-12-24(23(28)29-3)21-19(18-7-5-6-8-20(18)25-21)11-17(9-14(2)27)26(13-15)22(16)24/h5-8,15-17,22,25H,4,9-13H2,1-3H3/t15-,16+,17+,22+,24-/m1/s1. The van der Waals surface area contributed by atoms with E-state index in [1.165, 1.54) is 24.5 Å². The van der Waals surface area contributed by atoms with Crippen molar-refractivity contribution < 1.29 is 14.3 Å². The average Bonchev–Trinajstić information content (AvgIpc) is 3.07. The molecular formula is C24H30N2O3. The van der Waals surface area contributed by atoms with Gasteiger partial charge in [-0.1, -0.05) is 31.5 Å². The van der Waals surface area contributed by atoms with Crippen LogP contribution in [0.1, 0.15) is 50.8 Å². The molecule has 5 heteroatoms. The number of esters is 1. The summed E-state index contributed by atoms with van der Waals surface area (Å²) in [6.45, 7) is 4.91. The summed E-state index contributed by atoms with van der Waals surface area (Å²) in [5, 5.41) is 1.18. The van der Waals surface area contributed by atoms with E-state index in [4.69, 9.17) is 4.74 Å². The maximum absolute atomic E-state index is 13.5. The zero-order chi connectivity index (χ0) is 20.3. The molecule has 1 saturated carbocycles. The van der Waals surface area contributed by atoms with E-state index in [9.17, 15) is 9.59 Å². The van der Waals surface area contributed by atoms with Crippen LogP contribution < -0.4 is 0 Å². The van der Waals surface area contributed by atoms with Gasteiger partial charge in [0.1, 0.15) is 11.2 Å². The minimum atomic E-state index is -0.670. The molecule has 5 nitrogen and oxygen atoms in total. The maximum Gasteiger partial charge on any atom is 0.319 e. The van der Waals surface area contributed by atoms with Crippen LogP contribution in [0.25, 0.3) is 10.9 Å². The van der Waals surface area contributed by atoms with E-state index < -0.39 is 5.41 Å². The number of aromatic nitrogens is 1. The number of rotatable bonds is 4. The van der Waals surface area contributed by atoms with Crippen molar-refractivity contribution in [2.75, 3.05) is 13.7 Å². The van der Waals surface area contributed by atoms with Gasteiger partial charge in [0.2, 0.25) is 0 Å². The molecule has 4 bridgehead atoms. The van der Waals surface area contributed by atoms with Crippen molar-refractivity contribution in [1.82, 2.24) is 9.88 Å². The number of hydrogen-bond acceptors (Lipinski definition) is 4. The molecule has 1 aromatic carbocycles. The quantitative estimate of drug-likeness (QED) is 0.805. The van der Waals surface area contributed by atoms with Crippen LogP contribution in [0, 0.1) is 11.8 Å². The van der Waals surface area contributed by atoms with Crippen LogP contribution in [0.5, 0.6) is 0 Å². The number of benzene rings is 1. The Labute approximate surface area is 171 Å². The first-order valence-corrected chi connectivity index (χ1v) is 10.9. The smallest absolute Gasteiger partial charge is 0.319 e. The Kier molecular flexibility index (Phi) is 4.35. The molecule has 3 fully saturated rings. The highest BCUT2D eigenvalue weighted by molar-refractivity contribution is 5.92. The van der Waals surface area contributed by atoms with Crippen molar-refractivity contribution in [1.29, 1.82) is 0 Å². The molecule has 0 amide bonds. The SMILES string of the molecule is CC[C@H]1C[C@H]2CN3[C@@H](CC(C)=O)Cc4c([nH]c5ccccc45)[C@](C(=O)OC)(C2)[C@H]13. The number of para-hydroxylation sites is 1. The molecule has 2 aromatic rings. The summed E-state index contributed by atoms with van der Waals surface area (Å²) in [5.74, 6) is 0.993. The van der Waals surface area contributed by atoms with E-state index in [0.717, 1.165) is 37.0 Å². The molecule has 0 radical (unpaired) electrons. The highest BCUT2D eigenvalue weighted by Gasteiger charge is 2.64. The molecule has 6 atom stereocenters. The minimum Gasteiger partial charge on any atom is -0.468 e. The van der Waals surface area contributed by atoms with Crippen molar-refractivity contribution in [2.45, 2.75) is 63.5 Å². The third kappa shape index (κ3) is 2.56. The van der Waals surface area contributed by atoms with E-state index in [2.05, 4.69) is 35.0 Å². The second kappa shape index (κ2) is 6.69. The number of nitrogens with zero attached hydrogens (tertiary/aromatic N) is 1. The second-order valence-corrected chi connectivity index (χ2v) is 9.37. The molecule has 4 aliphatic rings. The Hall–Kier alpha value is -2.14. The van der Waals surface area contributed by atoms with Gasteiger partial charge in [0.15, 0.2) is 0 Å². The van der Waals surface area contributed by atoms with Gasteiger partial charge in [-0.05, 0) is 49.7 Å². The largest absolute Gasteiger partial charge is 0.468 e. The molecule has 1 aliphatic carbocycles. The number of hydrogen-bond donors (Lipinski definition) is 1. The fourth-order valence-corrected chi connectivity index (χ4v) is 6.89. The first-order chi connectivity index (χ1) is 14.0. The fourth-order valence-electron chi connectivity index (χ4n) is 6.89. The van der Waals surface area contributed by atoms with Crippen molar-refractivity contribution in [3.8, 4) is 0 Å². The van der Waals surface area contributed by atoms with Crippen LogP contribution in [0.15, 0.2) is 24.3 Å². The van der Waals surface area contributed by atoms with Crippen LogP contribution in [-0.4, -0.2) is 47.4 Å². The van der Waals surface area contributed by atoms with Crippen molar-refractivity contribution in [3.63, 3.8) is 0 Å². The van der Waals surface area contributed by atoms with Gasteiger partial charge in [0.25, 0.3) is 0 Å². The molecule has 0 spiro atoms. The second-order valence-electron chi connectivity index (χ2n) is 9.37.